The summed E-state index contributed by atoms with van der Waals surface area (Å²) in [6, 6.07) is 12.4. The van der Waals surface area contributed by atoms with Gasteiger partial charge in [-0.15, -0.1) is 11.3 Å². The molecule has 0 unspecified atom stereocenters. The van der Waals surface area contributed by atoms with Crippen molar-refractivity contribution in [2.75, 3.05) is 12.4 Å². The van der Waals surface area contributed by atoms with Crippen LogP contribution in [0.1, 0.15) is 17.5 Å². The van der Waals surface area contributed by atoms with Crippen LogP contribution in [0.25, 0.3) is 10.2 Å². The van der Waals surface area contributed by atoms with Crippen LogP contribution < -0.4 is 15.4 Å². The van der Waals surface area contributed by atoms with E-state index in [1.807, 2.05) is 49.4 Å². The van der Waals surface area contributed by atoms with E-state index in [9.17, 15) is 9.59 Å². The Morgan fingerprint density at radius 3 is 2.78 bits per heavy atom. The molecule has 6 nitrogen and oxygen atoms in total. The van der Waals surface area contributed by atoms with E-state index in [0.29, 0.717) is 17.9 Å². The molecule has 0 fully saturated rings. The number of anilines is 1. The van der Waals surface area contributed by atoms with Crippen molar-refractivity contribution in [2.24, 2.45) is 0 Å². The Kier molecular flexibility index (Phi) is 5.71. The molecule has 2 amide bonds. The number of carbonyl (C=O) groups is 2. The summed E-state index contributed by atoms with van der Waals surface area (Å²) in [6.07, 6.45) is 0.366. The Morgan fingerprint density at radius 2 is 2.04 bits per heavy atom. The van der Waals surface area contributed by atoms with Gasteiger partial charge in [0.1, 0.15) is 11.8 Å². The largest absolute Gasteiger partial charge is 0.497 e. The fourth-order valence-electron chi connectivity index (χ4n) is 2.84. The number of carbonyl (C=O) groups excluding carboxylic acids is 2. The maximum atomic E-state index is 12.8. The molecule has 1 aromatic heterocycles. The van der Waals surface area contributed by atoms with Crippen LogP contribution in [0.3, 0.4) is 0 Å². The van der Waals surface area contributed by atoms with Crippen LogP contribution >= 0.6 is 11.3 Å². The van der Waals surface area contributed by atoms with E-state index in [2.05, 4.69) is 15.6 Å². The van der Waals surface area contributed by atoms with Crippen molar-refractivity contribution in [1.82, 2.24) is 10.3 Å². The molecule has 0 spiro atoms. The molecule has 0 aliphatic heterocycles. The number of methoxy groups -OCH3 is 1. The van der Waals surface area contributed by atoms with Gasteiger partial charge >= 0.3 is 0 Å². The number of nitrogens with zero attached hydrogens (tertiary/aromatic N) is 1. The molecular weight excluding hydrogens is 362 g/mol. The highest BCUT2D eigenvalue weighted by Gasteiger charge is 2.20. The van der Waals surface area contributed by atoms with Gasteiger partial charge in [0.2, 0.25) is 11.8 Å². The molecule has 2 N–H and O–H groups in total. The van der Waals surface area contributed by atoms with Crippen LogP contribution in [0.5, 0.6) is 5.75 Å². The Bertz CT molecular complexity index is 984. The Balaban J connectivity index is 1.78. The molecule has 7 heteroatoms. The second-order valence-electron chi connectivity index (χ2n) is 6.21. The van der Waals surface area contributed by atoms with Crippen molar-refractivity contribution in [1.29, 1.82) is 0 Å². The molecule has 140 valence electrons. The van der Waals surface area contributed by atoms with Crippen LogP contribution in [-0.4, -0.2) is 29.9 Å². The first kappa shape index (κ1) is 18.8. The summed E-state index contributed by atoms with van der Waals surface area (Å²) in [6.45, 7) is 3.35. The van der Waals surface area contributed by atoms with Crippen molar-refractivity contribution in [3.8, 4) is 5.75 Å². The molecule has 0 aliphatic rings. The number of hydrogen-bond acceptors (Lipinski definition) is 5. The second-order valence-corrected chi connectivity index (χ2v) is 7.45. The van der Waals surface area contributed by atoms with E-state index in [1.165, 1.54) is 6.92 Å². The van der Waals surface area contributed by atoms with Crippen LogP contribution in [0, 0.1) is 6.92 Å². The summed E-state index contributed by atoms with van der Waals surface area (Å²) in [5, 5.41) is 6.59. The number of aromatic nitrogens is 1. The third-order valence-electron chi connectivity index (χ3n) is 4.03. The van der Waals surface area contributed by atoms with Crippen molar-refractivity contribution in [3.63, 3.8) is 0 Å². The van der Waals surface area contributed by atoms with Gasteiger partial charge in [-0.05, 0) is 42.8 Å². The number of amides is 2. The van der Waals surface area contributed by atoms with E-state index < -0.39 is 6.04 Å². The summed E-state index contributed by atoms with van der Waals surface area (Å²) >= 11 is 1.57. The summed E-state index contributed by atoms with van der Waals surface area (Å²) in [5.74, 6) is 0.181. The molecule has 0 radical (unpaired) electrons. The topological polar surface area (TPSA) is 80.3 Å². The highest BCUT2D eigenvalue weighted by atomic mass is 32.1. The average molecular weight is 383 g/mol. The monoisotopic (exact) mass is 383 g/mol. The Morgan fingerprint density at radius 1 is 1.22 bits per heavy atom. The molecule has 3 rings (SSSR count). The van der Waals surface area contributed by atoms with E-state index in [0.717, 1.165) is 20.8 Å². The first-order chi connectivity index (χ1) is 12.9. The molecule has 0 saturated carbocycles. The highest BCUT2D eigenvalue weighted by molar-refractivity contribution is 7.18. The predicted molar refractivity (Wildman–Crippen MR) is 107 cm³/mol. The molecule has 0 saturated heterocycles. The summed E-state index contributed by atoms with van der Waals surface area (Å²) in [7, 11) is 1.59. The van der Waals surface area contributed by atoms with Gasteiger partial charge in [0.25, 0.3) is 0 Å². The van der Waals surface area contributed by atoms with Gasteiger partial charge in [-0.25, -0.2) is 4.98 Å². The molecule has 3 aromatic rings. The van der Waals surface area contributed by atoms with Gasteiger partial charge < -0.3 is 15.4 Å². The molecule has 1 heterocycles. The first-order valence-corrected chi connectivity index (χ1v) is 9.34. The lowest BCUT2D eigenvalue weighted by molar-refractivity contribution is -0.125. The molecule has 1 atom stereocenters. The molecule has 0 bridgehead atoms. The minimum absolute atomic E-state index is 0.258. The zero-order valence-electron chi connectivity index (χ0n) is 15.4. The van der Waals surface area contributed by atoms with Gasteiger partial charge in [0.05, 0.1) is 22.3 Å². The maximum Gasteiger partial charge on any atom is 0.247 e. The zero-order valence-corrected chi connectivity index (χ0v) is 16.2. The van der Waals surface area contributed by atoms with Crippen molar-refractivity contribution < 1.29 is 14.3 Å². The standard InChI is InChI=1S/C20H21N3O3S/c1-12(24)21-18(10-14-5-4-6-16(9-14)26-3)20(25)23-15-7-8-17-19(11-15)27-13(2)22-17/h4-9,11,18H,10H2,1-3H3,(H,21,24)(H,23,25)/t18-/m0/s1. The first-order valence-electron chi connectivity index (χ1n) is 8.52. The lowest BCUT2D eigenvalue weighted by Crippen LogP contribution is -2.44. The number of ether oxygens (including phenoxy) is 1. The van der Waals surface area contributed by atoms with Gasteiger partial charge in [-0.2, -0.15) is 0 Å². The van der Waals surface area contributed by atoms with Crippen molar-refractivity contribution in [2.45, 2.75) is 26.3 Å². The van der Waals surface area contributed by atoms with E-state index in [-0.39, 0.29) is 11.8 Å². The number of nitrogens with one attached hydrogen (secondary N) is 2. The number of benzene rings is 2. The highest BCUT2D eigenvalue weighted by Crippen LogP contribution is 2.25. The molecule has 27 heavy (non-hydrogen) atoms. The van der Waals surface area contributed by atoms with Gasteiger partial charge in [0.15, 0.2) is 0 Å². The molecular formula is C20H21N3O3S. The fraction of sp³-hybridized carbons (Fsp3) is 0.250. The average Bonchev–Trinajstić information content (AvgIpc) is 3.00. The molecule has 0 aliphatic carbocycles. The van der Waals surface area contributed by atoms with E-state index in [4.69, 9.17) is 4.74 Å². The predicted octanol–water partition coefficient (Wildman–Crippen LogP) is 3.30. The third-order valence-corrected chi connectivity index (χ3v) is 4.96. The van der Waals surface area contributed by atoms with Gasteiger partial charge in [0, 0.05) is 19.0 Å². The lowest BCUT2D eigenvalue weighted by atomic mass is 10.0. The van der Waals surface area contributed by atoms with Gasteiger partial charge in [-0.1, -0.05) is 12.1 Å². The quantitative estimate of drug-likeness (QED) is 0.684. The van der Waals surface area contributed by atoms with Crippen LogP contribution in [-0.2, 0) is 16.0 Å². The van der Waals surface area contributed by atoms with Gasteiger partial charge in [-0.3, -0.25) is 9.59 Å². The van der Waals surface area contributed by atoms with E-state index in [1.54, 1.807) is 18.4 Å². The summed E-state index contributed by atoms with van der Waals surface area (Å²) in [4.78, 5) is 28.8. The minimum atomic E-state index is -0.687. The maximum absolute atomic E-state index is 12.8. The van der Waals surface area contributed by atoms with E-state index >= 15 is 0 Å². The zero-order chi connectivity index (χ0) is 19.4. The fourth-order valence-corrected chi connectivity index (χ4v) is 3.70. The number of aryl methyl sites for hydroxylation is 1. The normalized spacial score (nSPS) is 11.8. The lowest BCUT2D eigenvalue weighted by Gasteiger charge is -2.18. The minimum Gasteiger partial charge on any atom is -0.497 e. The van der Waals surface area contributed by atoms with Crippen molar-refractivity contribution in [3.05, 3.63) is 53.0 Å². The Hall–Kier alpha value is -2.93. The smallest absolute Gasteiger partial charge is 0.247 e. The number of hydrogen-bond donors (Lipinski definition) is 2. The number of thiazole rings is 1. The third kappa shape index (κ3) is 4.83. The number of rotatable bonds is 6. The van der Waals surface area contributed by atoms with Crippen LogP contribution in [0.2, 0.25) is 0 Å². The van der Waals surface area contributed by atoms with Crippen LogP contribution in [0.15, 0.2) is 42.5 Å². The SMILES string of the molecule is COc1cccc(C[C@H](NC(C)=O)C(=O)Nc2ccc3nc(C)sc3c2)c1. The second kappa shape index (κ2) is 8.18. The van der Waals surface area contributed by atoms with Crippen molar-refractivity contribution >= 4 is 39.1 Å². The number of fused-ring (bicyclic) bond motifs is 1. The van der Waals surface area contributed by atoms with Crippen LogP contribution in [0.4, 0.5) is 5.69 Å². The molecule has 2 aromatic carbocycles. The summed E-state index contributed by atoms with van der Waals surface area (Å²) < 4.78 is 6.23. The summed E-state index contributed by atoms with van der Waals surface area (Å²) in [5.41, 5.74) is 2.49. The Labute approximate surface area is 161 Å².